The number of amides is 1. The Morgan fingerprint density at radius 1 is 0.903 bits per heavy atom. The molecule has 4 rings (SSSR count). The lowest BCUT2D eigenvalue weighted by Crippen LogP contribution is -2.33. The van der Waals surface area contributed by atoms with E-state index in [1.54, 1.807) is 4.90 Å². The summed E-state index contributed by atoms with van der Waals surface area (Å²) in [5.74, 6) is 0.661. The lowest BCUT2D eigenvalue weighted by Gasteiger charge is -2.29. The summed E-state index contributed by atoms with van der Waals surface area (Å²) in [7, 11) is 1.83. The van der Waals surface area contributed by atoms with Gasteiger partial charge in [0.05, 0.1) is 11.8 Å². The van der Waals surface area contributed by atoms with Gasteiger partial charge in [0, 0.05) is 12.6 Å². The van der Waals surface area contributed by atoms with Gasteiger partial charge >= 0.3 is 0 Å². The Morgan fingerprint density at radius 3 is 2.10 bits per heavy atom. The smallest absolute Gasteiger partial charge is 0.277 e. The van der Waals surface area contributed by atoms with Crippen LogP contribution in [-0.2, 0) is 4.79 Å². The number of hydrogen-bond donors (Lipinski definition) is 0. The molecule has 0 N–H and O–H groups in total. The Balaban J connectivity index is 1.48. The second-order valence-electron chi connectivity index (χ2n) is 7.21. The first-order valence-electron chi connectivity index (χ1n) is 10.0. The van der Waals surface area contributed by atoms with Crippen molar-refractivity contribution in [2.75, 3.05) is 12.8 Å². The predicted octanol–water partition coefficient (Wildman–Crippen LogP) is 5.39. The minimum Gasteiger partial charge on any atom is -0.411 e. The van der Waals surface area contributed by atoms with Crippen LogP contribution in [0.5, 0.6) is 0 Å². The van der Waals surface area contributed by atoms with E-state index in [9.17, 15) is 4.79 Å². The summed E-state index contributed by atoms with van der Waals surface area (Å²) >= 11 is 1.25. The fourth-order valence-corrected chi connectivity index (χ4v) is 4.16. The van der Waals surface area contributed by atoms with Crippen LogP contribution in [-0.4, -0.2) is 33.8 Å². The topological polar surface area (TPSA) is 59.2 Å². The molecule has 0 aliphatic carbocycles. The van der Waals surface area contributed by atoms with Crippen molar-refractivity contribution in [3.05, 3.63) is 102 Å². The average Bonchev–Trinajstić information content (AvgIpc) is 3.28. The molecule has 0 saturated carbocycles. The highest BCUT2D eigenvalue weighted by Gasteiger charge is 2.24. The molecule has 0 aliphatic rings. The van der Waals surface area contributed by atoms with Crippen LogP contribution in [0.4, 0.5) is 0 Å². The standard InChI is InChI=1S/C25H23N3O2S/c1-18-11-9-10-16-21(18)24-26-27-25(30-24)31-17-22(29)28(2)23(19-12-5-3-6-13-19)20-14-7-4-8-15-20/h3-16,23H,17H2,1-2H3. The molecule has 5 nitrogen and oxygen atoms in total. The molecule has 0 saturated heterocycles. The van der Waals surface area contributed by atoms with Crippen LogP contribution in [0.1, 0.15) is 22.7 Å². The minimum absolute atomic E-state index is 0.0154. The van der Waals surface area contributed by atoms with Gasteiger partial charge in [0.2, 0.25) is 11.8 Å². The normalized spacial score (nSPS) is 10.9. The van der Waals surface area contributed by atoms with E-state index in [-0.39, 0.29) is 17.7 Å². The van der Waals surface area contributed by atoms with Gasteiger partial charge in [-0.2, -0.15) is 0 Å². The van der Waals surface area contributed by atoms with E-state index in [4.69, 9.17) is 4.42 Å². The van der Waals surface area contributed by atoms with Crippen LogP contribution in [0, 0.1) is 6.92 Å². The Bertz CT molecular complexity index is 1110. The number of carbonyl (C=O) groups excluding carboxylic acids is 1. The fourth-order valence-electron chi connectivity index (χ4n) is 3.47. The Hall–Kier alpha value is -3.38. The molecule has 0 radical (unpaired) electrons. The van der Waals surface area contributed by atoms with Gasteiger partial charge in [-0.25, -0.2) is 0 Å². The minimum atomic E-state index is -0.166. The third kappa shape index (κ3) is 4.86. The summed E-state index contributed by atoms with van der Waals surface area (Å²) in [6.07, 6.45) is 0. The molecule has 3 aromatic carbocycles. The highest BCUT2D eigenvalue weighted by atomic mass is 32.2. The van der Waals surface area contributed by atoms with Crippen LogP contribution in [0.25, 0.3) is 11.5 Å². The zero-order chi connectivity index (χ0) is 21.6. The highest BCUT2D eigenvalue weighted by Crippen LogP contribution is 2.29. The second-order valence-corrected chi connectivity index (χ2v) is 8.13. The van der Waals surface area contributed by atoms with Crippen LogP contribution in [0.3, 0.4) is 0 Å². The maximum Gasteiger partial charge on any atom is 0.277 e. The van der Waals surface area contributed by atoms with Crippen LogP contribution in [0.15, 0.2) is 94.6 Å². The number of carbonyl (C=O) groups is 1. The molecule has 1 aromatic heterocycles. The first-order chi connectivity index (χ1) is 15.1. The van der Waals surface area contributed by atoms with E-state index in [0.29, 0.717) is 11.1 Å². The van der Waals surface area contributed by atoms with Crippen molar-refractivity contribution in [2.24, 2.45) is 0 Å². The number of hydrogen-bond acceptors (Lipinski definition) is 5. The molecule has 0 unspecified atom stereocenters. The number of rotatable bonds is 7. The fraction of sp³-hybridized carbons (Fsp3) is 0.160. The lowest BCUT2D eigenvalue weighted by molar-refractivity contribution is -0.128. The van der Waals surface area contributed by atoms with Crippen molar-refractivity contribution in [1.82, 2.24) is 15.1 Å². The molecule has 1 amide bonds. The van der Waals surface area contributed by atoms with Crippen molar-refractivity contribution in [1.29, 1.82) is 0 Å². The molecule has 0 aliphatic heterocycles. The van der Waals surface area contributed by atoms with Gasteiger partial charge in [-0.3, -0.25) is 4.79 Å². The van der Waals surface area contributed by atoms with E-state index < -0.39 is 0 Å². The van der Waals surface area contributed by atoms with E-state index >= 15 is 0 Å². The number of aryl methyl sites for hydroxylation is 1. The quantitative estimate of drug-likeness (QED) is 0.369. The van der Waals surface area contributed by atoms with Crippen LogP contribution < -0.4 is 0 Å². The van der Waals surface area contributed by atoms with E-state index in [2.05, 4.69) is 10.2 Å². The molecule has 156 valence electrons. The molecule has 1 heterocycles. The van der Waals surface area contributed by atoms with Crippen molar-refractivity contribution in [2.45, 2.75) is 18.2 Å². The Morgan fingerprint density at radius 2 is 1.48 bits per heavy atom. The molecule has 0 bridgehead atoms. The monoisotopic (exact) mass is 429 g/mol. The Labute approximate surface area is 186 Å². The summed E-state index contributed by atoms with van der Waals surface area (Å²) < 4.78 is 5.78. The third-order valence-corrected chi connectivity index (χ3v) is 5.92. The zero-order valence-corrected chi connectivity index (χ0v) is 18.3. The number of benzene rings is 3. The number of thioether (sulfide) groups is 1. The van der Waals surface area contributed by atoms with Gasteiger partial charge in [-0.05, 0) is 29.7 Å². The summed E-state index contributed by atoms with van der Waals surface area (Å²) in [5, 5.41) is 8.62. The third-order valence-electron chi connectivity index (χ3n) is 5.11. The molecule has 31 heavy (non-hydrogen) atoms. The van der Waals surface area contributed by atoms with Gasteiger partial charge in [-0.1, -0.05) is 90.6 Å². The number of aromatic nitrogens is 2. The summed E-state index contributed by atoms with van der Waals surface area (Å²) in [4.78, 5) is 14.8. The second kappa shape index (κ2) is 9.62. The van der Waals surface area contributed by atoms with Gasteiger partial charge in [0.25, 0.3) is 5.22 Å². The van der Waals surface area contributed by atoms with Gasteiger partial charge in [0.1, 0.15) is 0 Å². The Kier molecular flexibility index (Phi) is 6.48. The summed E-state index contributed by atoms with van der Waals surface area (Å²) in [6, 6.07) is 27.8. The van der Waals surface area contributed by atoms with Crippen molar-refractivity contribution in [3.63, 3.8) is 0 Å². The molecular formula is C25H23N3O2S. The largest absolute Gasteiger partial charge is 0.411 e. The molecular weight excluding hydrogens is 406 g/mol. The molecule has 4 aromatic rings. The van der Waals surface area contributed by atoms with Gasteiger partial charge in [0.15, 0.2) is 0 Å². The van der Waals surface area contributed by atoms with Crippen molar-refractivity contribution >= 4 is 17.7 Å². The van der Waals surface area contributed by atoms with Crippen LogP contribution in [0.2, 0.25) is 0 Å². The summed E-state index contributed by atoms with van der Waals surface area (Å²) in [6.45, 7) is 2.00. The molecule has 0 fully saturated rings. The van der Waals surface area contributed by atoms with Crippen LogP contribution >= 0.6 is 11.8 Å². The lowest BCUT2D eigenvalue weighted by atomic mass is 9.97. The molecule has 0 atom stereocenters. The maximum absolute atomic E-state index is 13.1. The molecule has 6 heteroatoms. The van der Waals surface area contributed by atoms with E-state index in [0.717, 1.165) is 22.3 Å². The number of nitrogens with zero attached hydrogens (tertiary/aromatic N) is 3. The average molecular weight is 430 g/mol. The first kappa shape index (κ1) is 20.9. The van der Waals surface area contributed by atoms with Gasteiger partial charge in [-0.15, -0.1) is 10.2 Å². The predicted molar refractivity (Wildman–Crippen MR) is 123 cm³/mol. The first-order valence-corrected chi connectivity index (χ1v) is 11.0. The van der Waals surface area contributed by atoms with E-state index in [1.165, 1.54) is 11.8 Å². The van der Waals surface area contributed by atoms with Crippen molar-refractivity contribution in [3.8, 4) is 11.5 Å². The van der Waals surface area contributed by atoms with E-state index in [1.807, 2.05) is 98.9 Å². The summed E-state index contributed by atoms with van der Waals surface area (Å²) in [5.41, 5.74) is 4.09. The zero-order valence-electron chi connectivity index (χ0n) is 17.4. The van der Waals surface area contributed by atoms with Gasteiger partial charge < -0.3 is 9.32 Å². The van der Waals surface area contributed by atoms with Crippen molar-refractivity contribution < 1.29 is 9.21 Å². The maximum atomic E-state index is 13.1. The molecule has 0 spiro atoms. The highest BCUT2D eigenvalue weighted by molar-refractivity contribution is 7.99. The SMILES string of the molecule is Cc1ccccc1-c1nnc(SCC(=O)N(C)C(c2ccccc2)c2ccccc2)o1.